The average molecular weight is 441 g/mol. The summed E-state index contributed by atoms with van der Waals surface area (Å²) in [6.07, 6.45) is 0. The third-order valence-electron chi connectivity index (χ3n) is 5.19. The predicted molar refractivity (Wildman–Crippen MR) is 120 cm³/mol. The van der Waals surface area contributed by atoms with Gasteiger partial charge in [-0.25, -0.2) is 9.59 Å². The van der Waals surface area contributed by atoms with E-state index in [0.29, 0.717) is 10.1 Å². The van der Waals surface area contributed by atoms with Crippen LogP contribution >= 0.6 is 23.5 Å². The van der Waals surface area contributed by atoms with Crippen LogP contribution in [0.2, 0.25) is 0 Å². The molecule has 4 rings (SSSR count). The maximum Gasteiger partial charge on any atom is 0.337 e. The Morgan fingerprint density at radius 2 is 1.10 bits per heavy atom. The molecule has 2 heterocycles. The number of benzene rings is 2. The summed E-state index contributed by atoms with van der Waals surface area (Å²) in [4.78, 5) is 35.9. The van der Waals surface area contributed by atoms with Crippen LogP contribution in [0.4, 0.5) is 0 Å². The second-order valence-electron chi connectivity index (χ2n) is 6.85. The lowest BCUT2D eigenvalue weighted by Crippen LogP contribution is -2.63. The molecule has 0 bridgehead atoms. The Labute approximate surface area is 183 Å². The van der Waals surface area contributed by atoms with Gasteiger partial charge >= 0.3 is 11.9 Å². The van der Waals surface area contributed by atoms with Crippen LogP contribution < -0.4 is 0 Å². The topological polar surface area (TPSA) is 77.3 Å². The van der Waals surface area contributed by atoms with Gasteiger partial charge in [0, 0.05) is 22.6 Å². The molecular formula is C22H20N2O4S2. The highest BCUT2D eigenvalue weighted by molar-refractivity contribution is 8.15. The number of hydrogen-bond acceptors (Lipinski definition) is 8. The van der Waals surface area contributed by atoms with Crippen LogP contribution in [0.15, 0.2) is 70.6 Å². The smallest absolute Gasteiger partial charge is 0.337 e. The fraction of sp³-hybridized carbons (Fsp3) is 0.273. The summed E-state index contributed by atoms with van der Waals surface area (Å²) in [5, 5.41) is 1.36. The zero-order valence-electron chi connectivity index (χ0n) is 16.5. The third kappa shape index (κ3) is 3.24. The molecule has 2 atom stereocenters. The van der Waals surface area contributed by atoms with Crippen LogP contribution in [0.3, 0.4) is 0 Å². The van der Waals surface area contributed by atoms with Crippen molar-refractivity contribution in [1.29, 1.82) is 0 Å². The van der Waals surface area contributed by atoms with Crippen LogP contribution in [0.1, 0.15) is 11.1 Å². The van der Waals surface area contributed by atoms with Gasteiger partial charge in [-0.15, -0.1) is 23.5 Å². The summed E-state index contributed by atoms with van der Waals surface area (Å²) < 4.78 is 10.3. The number of carbonyl (C=O) groups excluding carboxylic acids is 2. The number of carbonyl (C=O) groups is 2. The molecule has 0 unspecified atom stereocenters. The largest absolute Gasteiger partial charge is 0.467 e. The minimum absolute atomic E-state index is 0.241. The molecule has 2 aromatic carbocycles. The van der Waals surface area contributed by atoms with Crippen molar-refractivity contribution >= 4 is 45.5 Å². The Morgan fingerprint density at radius 3 is 1.43 bits per heavy atom. The second kappa shape index (κ2) is 8.28. The van der Waals surface area contributed by atoms with Crippen molar-refractivity contribution in [2.24, 2.45) is 9.98 Å². The maximum atomic E-state index is 13.1. The quantitative estimate of drug-likeness (QED) is 0.665. The number of methoxy groups -OCH3 is 2. The molecule has 6 nitrogen and oxygen atoms in total. The molecule has 0 saturated heterocycles. The molecule has 0 fully saturated rings. The van der Waals surface area contributed by atoms with Crippen molar-refractivity contribution in [3.8, 4) is 0 Å². The molecule has 8 heteroatoms. The van der Waals surface area contributed by atoms with E-state index in [4.69, 9.17) is 19.5 Å². The fourth-order valence-electron chi connectivity index (χ4n) is 3.59. The van der Waals surface area contributed by atoms with Crippen LogP contribution in [0.25, 0.3) is 0 Å². The standard InChI is InChI=1S/C22H20N2O4S2/c1-27-19(25)21(13-29-17(23-21)15-9-5-3-6-10-15)22(20(26)28-2)14-30-18(24-22)16-11-7-4-8-12-16/h3-12H,13-14H2,1-2H3/t21-,22-/m1/s1. The van der Waals surface area contributed by atoms with E-state index in [2.05, 4.69) is 0 Å². The third-order valence-corrected chi connectivity index (χ3v) is 7.52. The van der Waals surface area contributed by atoms with Gasteiger partial charge in [0.15, 0.2) is 0 Å². The lowest BCUT2D eigenvalue weighted by atomic mass is 9.79. The first-order chi connectivity index (χ1) is 14.6. The van der Waals surface area contributed by atoms with Crippen LogP contribution in [-0.4, -0.2) is 58.8 Å². The molecule has 2 aromatic rings. The second-order valence-corrected chi connectivity index (χ2v) is 8.78. The first-order valence-electron chi connectivity index (χ1n) is 9.29. The minimum atomic E-state index is -1.51. The molecule has 0 aromatic heterocycles. The minimum Gasteiger partial charge on any atom is -0.467 e. The highest BCUT2D eigenvalue weighted by Gasteiger charge is 2.67. The molecule has 2 aliphatic heterocycles. The van der Waals surface area contributed by atoms with Gasteiger partial charge in [0.25, 0.3) is 0 Å². The predicted octanol–water partition coefficient (Wildman–Crippen LogP) is 3.20. The lowest BCUT2D eigenvalue weighted by Gasteiger charge is -2.36. The zero-order chi connectivity index (χ0) is 21.2. The van der Waals surface area contributed by atoms with E-state index in [-0.39, 0.29) is 11.5 Å². The summed E-state index contributed by atoms with van der Waals surface area (Å²) >= 11 is 2.84. The van der Waals surface area contributed by atoms with Crippen molar-refractivity contribution in [1.82, 2.24) is 0 Å². The van der Waals surface area contributed by atoms with Gasteiger partial charge in [0.05, 0.1) is 24.3 Å². The first kappa shape index (κ1) is 20.7. The molecule has 2 aliphatic rings. The van der Waals surface area contributed by atoms with E-state index in [1.165, 1.54) is 37.7 Å². The molecule has 30 heavy (non-hydrogen) atoms. The van der Waals surface area contributed by atoms with E-state index in [9.17, 15) is 9.59 Å². The van der Waals surface area contributed by atoms with E-state index >= 15 is 0 Å². The Morgan fingerprint density at radius 1 is 0.733 bits per heavy atom. The summed E-state index contributed by atoms with van der Waals surface area (Å²) in [6.45, 7) is 0. The highest BCUT2D eigenvalue weighted by atomic mass is 32.2. The molecule has 0 saturated carbocycles. The van der Waals surface area contributed by atoms with Crippen molar-refractivity contribution in [2.75, 3.05) is 25.7 Å². The maximum absolute atomic E-state index is 13.1. The Hall–Kier alpha value is -2.58. The Bertz CT molecular complexity index is 942. The van der Waals surface area contributed by atoms with Gasteiger partial charge in [-0.1, -0.05) is 60.7 Å². The molecule has 0 N–H and O–H groups in total. The highest BCUT2D eigenvalue weighted by Crippen LogP contribution is 2.47. The summed E-state index contributed by atoms with van der Waals surface area (Å²) in [7, 11) is 2.61. The van der Waals surface area contributed by atoms with Gasteiger partial charge in [0.2, 0.25) is 11.1 Å². The normalized spacial score (nSPS) is 25.4. The number of esters is 2. The summed E-state index contributed by atoms with van der Waals surface area (Å²) in [5.74, 6) is -0.703. The van der Waals surface area contributed by atoms with Gasteiger partial charge in [-0.05, 0) is 0 Å². The Kier molecular flexibility index (Phi) is 5.71. The summed E-state index contributed by atoms with van der Waals surface area (Å²) in [6, 6.07) is 19.1. The van der Waals surface area contributed by atoms with Crippen molar-refractivity contribution in [2.45, 2.75) is 11.1 Å². The van der Waals surface area contributed by atoms with Crippen molar-refractivity contribution < 1.29 is 19.1 Å². The van der Waals surface area contributed by atoms with E-state index in [1.807, 2.05) is 60.7 Å². The SMILES string of the molecule is COC(=O)[C@@]1([C@]2(C(=O)OC)CSC(c3ccccc3)=N2)CSC(c2ccccc2)=N1. The monoisotopic (exact) mass is 440 g/mol. The molecule has 0 amide bonds. The lowest BCUT2D eigenvalue weighted by molar-refractivity contribution is -0.158. The fourth-order valence-corrected chi connectivity index (χ4v) is 6.17. The molecule has 154 valence electrons. The van der Waals surface area contributed by atoms with Gasteiger partial charge in [-0.3, -0.25) is 9.98 Å². The van der Waals surface area contributed by atoms with Crippen molar-refractivity contribution in [3.63, 3.8) is 0 Å². The average Bonchev–Trinajstić information content (AvgIpc) is 3.46. The molecular weight excluding hydrogens is 420 g/mol. The number of aliphatic imine (C=N–C) groups is 2. The summed E-state index contributed by atoms with van der Waals surface area (Å²) in [5.41, 5.74) is -1.25. The van der Waals surface area contributed by atoms with Gasteiger partial charge in [-0.2, -0.15) is 0 Å². The van der Waals surface area contributed by atoms with Crippen molar-refractivity contribution in [3.05, 3.63) is 71.8 Å². The Balaban J connectivity index is 1.88. The molecule has 0 radical (unpaired) electrons. The van der Waals surface area contributed by atoms with Gasteiger partial charge < -0.3 is 9.47 Å². The first-order valence-corrected chi connectivity index (χ1v) is 11.3. The number of ether oxygens (including phenoxy) is 2. The van der Waals surface area contributed by atoms with E-state index < -0.39 is 23.0 Å². The molecule has 0 aliphatic carbocycles. The van der Waals surface area contributed by atoms with E-state index in [0.717, 1.165) is 11.1 Å². The number of rotatable bonds is 5. The number of thioether (sulfide) groups is 2. The molecule has 0 spiro atoms. The number of nitrogens with zero attached hydrogens (tertiary/aromatic N) is 2. The van der Waals surface area contributed by atoms with Gasteiger partial charge in [0.1, 0.15) is 0 Å². The number of hydrogen-bond donors (Lipinski definition) is 0. The van der Waals surface area contributed by atoms with E-state index in [1.54, 1.807) is 0 Å². The van der Waals surface area contributed by atoms with Crippen LogP contribution in [0.5, 0.6) is 0 Å². The van der Waals surface area contributed by atoms with Crippen LogP contribution in [-0.2, 0) is 19.1 Å². The van der Waals surface area contributed by atoms with Crippen LogP contribution in [0, 0.1) is 0 Å². The zero-order valence-corrected chi connectivity index (χ0v) is 18.2.